The van der Waals surface area contributed by atoms with Gasteiger partial charge in [-0.15, -0.1) is 21.8 Å². The Balaban J connectivity index is 1.80. The van der Waals surface area contributed by atoms with Crippen molar-refractivity contribution in [3.8, 4) is 11.5 Å². The van der Waals surface area contributed by atoms with E-state index in [0.29, 0.717) is 23.5 Å². The van der Waals surface area contributed by atoms with Crippen molar-refractivity contribution in [2.75, 3.05) is 0 Å². The van der Waals surface area contributed by atoms with Gasteiger partial charge in [0.05, 0.1) is 11.4 Å². The van der Waals surface area contributed by atoms with Crippen LogP contribution in [0, 0.1) is 0 Å². The van der Waals surface area contributed by atoms with Gasteiger partial charge in [0.25, 0.3) is 5.89 Å². The van der Waals surface area contributed by atoms with Crippen LogP contribution in [-0.2, 0) is 5.88 Å². The summed E-state index contributed by atoms with van der Waals surface area (Å²) in [4.78, 5) is 4.42. The minimum Gasteiger partial charge on any atom is -0.334 e. The van der Waals surface area contributed by atoms with E-state index in [9.17, 15) is 0 Å². The molecule has 0 radical (unpaired) electrons. The molecular formula is C12H10ClN5O. The van der Waals surface area contributed by atoms with Crippen LogP contribution < -0.4 is 0 Å². The second kappa shape index (κ2) is 4.03. The fourth-order valence-electron chi connectivity index (χ4n) is 2.02. The molecule has 0 unspecified atom stereocenters. The highest BCUT2D eigenvalue weighted by atomic mass is 35.5. The largest absolute Gasteiger partial charge is 0.334 e. The lowest BCUT2D eigenvalue weighted by molar-refractivity contribution is 0.422. The fraction of sp³-hybridized carbons (Fsp3) is 0.333. The zero-order chi connectivity index (χ0) is 12.8. The third-order valence-corrected chi connectivity index (χ3v) is 3.46. The summed E-state index contributed by atoms with van der Waals surface area (Å²) in [5, 5.41) is 12.0. The highest BCUT2D eigenvalue weighted by Crippen LogP contribution is 2.38. The van der Waals surface area contributed by atoms with Crippen LogP contribution in [-0.4, -0.2) is 24.7 Å². The van der Waals surface area contributed by atoms with E-state index < -0.39 is 0 Å². The maximum atomic E-state index is 5.82. The Morgan fingerprint density at radius 3 is 3.00 bits per heavy atom. The molecule has 3 heterocycles. The molecule has 96 valence electrons. The SMILES string of the molecule is ClCc1nnc2ccc(-c3nc(C4CC4)no3)cn12. The van der Waals surface area contributed by atoms with Gasteiger partial charge in [0.15, 0.2) is 17.3 Å². The quantitative estimate of drug-likeness (QED) is 0.687. The van der Waals surface area contributed by atoms with Gasteiger partial charge in [0.1, 0.15) is 0 Å². The van der Waals surface area contributed by atoms with Gasteiger partial charge in [-0.25, -0.2) is 0 Å². The Hall–Kier alpha value is -1.95. The molecule has 0 bridgehead atoms. The first-order valence-corrected chi connectivity index (χ1v) is 6.62. The van der Waals surface area contributed by atoms with Crippen molar-refractivity contribution in [3.05, 3.63) is 30.0 Å². The number of nitrogens with zero attached hydrogens (tertiary/aromatic N) is 5. The summed E-state index contributed by atoms with van der Waals surface area (Å²) in [5.41, 5.74) is 1.60. The molecule has 0 spiro atoms. The fourth-order valence-corrected chi connectivity index (χ4v) is 2.20. The summed E-state index contributed by atoms with van der Waals surface area (Å²) in [6.45, 7) is 0. The lowest BCUT2D eigenvalue weighted by Gasteiger charge is -1.98. The van der Waals surface area contributed by atoms with Crippen LogP contribution in [0.25, 0.3) is 17.1 Å². The minimum atomic E-state index is 0.307. The lowest BCUT2D eigenvalue weighted by Crippen LogP contribution is -1.92. The molecule has 0 atom stereocenters. The predicted molar refractivity (Wildman–Crippen MR) is 67.8 cm³/mol. The molecule has 0 aliphatic heterocycles. The van der Waals surface area contributed by atoms with Crippen LogP contribution in [0.15, 0.2) is 22.9 Å². The Labute approximate surface area is 113 Å². The molecule has 6 nitrogen and oxygen atoms in total. The van der Waals surface area contributed by atoms with E-state index in [4.69, 9.17) is 16.1 Å². The highest BCUT2D eigenvalue weighted by molar-refractivity contribution is 6.16. The lowest BCUT2D eigenvalue weighted by atomic mass is 10.3. The summed E-state index contributed by atoms with van der Waals surface area (Å²) >= 11 is 5.82. The molecule has 0 saturated heterocycles. The Kier molecular flexibility index (Phi) is 2.32. The van der Waals surface area contributed by atoms with Gasteiger partial charge >= 0.3 is 0 Å². The first-order valence-electron chi connectivity index (χ1n) is 6.09. The number of pyridine rings is 1. The van der Waals surface area contributed by atoms with Gasteiger partial charge in [-0.2, -0.15) is 4.98 Å². The maximum Gasteiger partial charge on any atom is 0.259 e. The second-order valence-electron chi connectivity index (χ2n) is 4.63. The van der Waals surface area contributed by atoms with Crippen molar-refractivity contribution >= 4 is 17.2 Å². The van der Waals surface area contributed by atoms with Gasteiger partial charge in [0, 0.05) is 12.1 Å². The third kappa shape index (κ3) is 1.79. The summed E-state index contributed by atoms with van der Waals surface area (Å²) in [6, 6.07) is 3.76. The Bertz CT molecular complexity index is 746. The van der Waals surface area contributed by atoms with E-state index in [0.717, 1.165) is 29.9 Å². The van der Waals surface area contributed by atoms with Gasteiger partial charge in [-0.05, 0) is 25.0 Å². The molecule has 19 heavy (non-hydrogen) atoms. The summed E-state index contributed by atoms with van der Waals surface area (Å²) in [7, 11) is 0. The smallest absolute Gasteiger partial charge is 0.259 e. The minimum absolute atomic E-state index is 0.307. The molecule has 3 aromatic rings. The molecule has 4 rings (SSSR count). The van der Waals surface area contributed by atoms with Crippen molar-refractivity contribution in [3.63, 3.8) is 0 Å². The molecule has 1 fully saturated rings. The van der Waals surface area contributed by atoms with Crippen molar-refractivity contribution in [1.82, 2.24) is 24.7 Å². The summed E-state index contributed by atoms with van der Waals surface area (Å²) < 4.78 is 7.14. The number of hydrogen-bond acceptors (Lipinski definition) is 5. The van der Waals surface area contributed by atoms with Gasteiger partial charge in [-0.1, -0.05) is 5.16 Å². The number of fused-ring (bicyclic) bond motifs is 1. The van der Waals surface area contributed by atoms with E-state index >= 15 is 0 Å². The van der Waals surface area contributed by atoms with Gasteiger partial charge < -0.3 is 4.52 Å². The van der Waals surface area contributed by atoms with Crippen LogP contribution in [0.5, 0.6) is 0 Å². The molecule has 3 aromatic heterocycles. The maximum absolute atomic E-state index is 5.82. The summed E-state index contributed by atoms with van der Waals surface area (Å²) in [6.07, 6.45) is 4.18. The number of alkyl halides is 1. The number of rotatable bonds is 3. The molecular weight excluding hydrogens is 266 g/mol. The second-order valence-corrected chi connectivity index (χ2v) is 4.90. The molecule has 0 aromatic carbocycles. The van der Waals surface area contributed by atoms with Crippen LogP contribution >= 0.6 is 11.6 Å². The zero-order valence-corrected chi connectivity index (χ0v) is 10.7. The predicted octanol–water partition coefficient (Wildman–Crippen LogP) is 2.40. The first kappa shape index (κ1) is 10.9. The average molecular weight is 276 g/mol. The molecule has 7 heteroatoms. The standard InChI is InChI=1S/C12H10ClN5O/c13-5-10-16-15-9-4-3-8(6-18(9)10)12-14-11(17-19-12)7-1-2-7/h3-4,6-7H,1-2,5H2. The number of halogens is 1. The first-order chi connectivity index (χ1) is 9.35. The van der Waals surface area contributed by atoms with Gasteiger partial charge in [-0.3, -0.25) is 4.40 Å². The van der Waals surface area contributed by atoms with Crippen LogP contribution in [0.3, 0.4) is 0 Å². The van der Waals surface area contributed by atoms with Gasteiger partial charge in [0.2, 0.25) is 0 Å². The van der Waals surface area contributed by atoms with Crippen molar-refractivity contribution in [2.24, 2.45) is 0 Å². The number of hydrogen-bond donors (Lipinski definition) is 0. The molecule has 1 aliphatic rings. The van der Waals surface area contributed by atoms with E-state index in [2.05, 4.69) is 20.3 Å². The topological polar surface area (TPSA) is 69.1 Å². The molecule has 0 N–H and O–H groups in total. The molecule has 1 aliphatic carbocycles. The van der Waals surface area contributed by atoms with Crippen LogP contribution in [0.1, 0.15) is 30.4 Å². The van der Waals surface area contributed by atoms with E-state index in [-0.39, 0.29) is 0 Å². The summed E-state index contributed by atoms with van der Waals surface area (Å²) in [5.74, 6) is 2.81. The highest BCUT2D eigenvalue weighted by Gasteiger charge is 2.29. The van der Waals surface area contributed by atoms with Crippen molar-refractivity contribution in [1.29, 1.82) is 0 Å². The number of aromatic nitrogens is 5. The van der Waals surface area contributed by atoms with E-state index in [1.165, 1.54) is 0 Å². The Morgan fingerprint density at radius 1 is 1.32 bits per heavy atom. The van der Waals surface area contributed by atoms with Crippen molar-refractivity contribution in [2.45, 2.75) is 24.6 Å². The third-order valence-electron chi connectivity index (χ3n) is 3.22. The Morgan fingerprint density at radius 2 is 2.21 bits per heavy atom. The van der Waals surface area contributed by atoms with E-state index in [1.54, 1.807) is 0 Å². The van der Waals surface area contributed by atoms with Crippen LogP contribution in [0.2, 0.25) is 0 Å². The van der Waals surface area contributed by atoms with E-state index in [1.807, 2.05) is 22.7 Å². The normalized spacial score (nSPS) is 15.2. The monoisotopic (exact) mass is 275 g/mol. The van der Waals surface area contributed by atoms with Crippen LogP contribution in [0.4, 0.5) is 0 Å². The molecule has 1 saturated carbocycles. The van der Waals surface area contributed by atoms with Crippen molar-refractivity contribution < 1.29 is 4.52 Å². The zero-order valence-electron chi connectivity index (χ0n) is 9.95. The molecule has 0 amide bonds. The average Bonchev–Trinajstić information content (AvgIpc) is 3.04.